The Morgan fingerprint density at radius 1 is 1.17 bits per heavy atom. The maximum absolute atomic E-state index is 12.1. The second kappa shape index (κ2) is 8.52. The Morgan fingerprint density at radius 2 is 1.75 bits per heavy atom. The Hall–Kier alpha value is -2.30. The summed E-state index contributed by atoms with van der Waals surface area (Å²) in [5, 5.41) is 8.93. The number of carbonyl (C=O) groups is 3. The van der Waals surface area contributed by atoms with Gasteiger partial charge in [0, 0.05) is 0 Å². The number of esters is 1. The third kappa shape index (κ3) is 5.72. The van der Waals surface area contributed by atoms with Gasteiger partial charge in [-0.25, -0.2) is 8.42 Å². The number of Topliss-reactive ketones (excluding diaryl/α,β-unsaturated/α-hetero) is 1. The van der Waals surface area contributed by atoms with Gasteiger partial charge in [0.25, 0.3) is 0 Å². The summed E-state index contributed by atoms with van der Waals surface area (Å²) in [5.41, 5.74) is 10.9. The first-order chi connectivity index (χ1) is 11.2. The van der Waals surface area contributed by atoms with Gasteiger partial charge in [-0.15, -0.1) is 0 Å². The summed E-state index contributed by atoms with van der Waals surface area (Å²) < 4.78 is 27.7. The van der Waals surface area contributed by atoms with E-state index in [1.165, 1.54) is 0 Å². The molecule has 2 unspecified atom stereocenters. The summed E-state index contributed by atoms with van der Waals surface area (Å²) in [5.74, 6) is -7.84. The fraction of sp³-hybridized carbons (Fsp3) is 0.357. The van der Waals surface area contributed by atoms with E-state index in [1.54, 1.807) is 30.3 Å². The lowest BCUT2D eigenvalue weighted by atomic mass is 9.96. The van der Waals surface area contributed by atoms with Crippen molar-refractivity contribution in [2.75, 3.05) is 11.6 Å². The van der Waals surface area contributed by atoms with Crippen LogP contribution < -0.4 is 11.5 Å². The Kier molecular flexibility index (Phi) is 7.01. The predicted molar refractivity (Wildman–Crippen MR) is 83.2 cm³/mol. The molecule has 9 nitrogen and oxygen atoms in total. The average molecular weight is 358 g/mol. The van der Waals surface area contributed by atoms with Gasteiger partial charge in [-0.1, -0.05) is 30.3 Å². The Labute approximate surface area is 138 Å². The van der Waals surface area contributed by atoms with Gasteiger partial charge < -0.3 is 21.3 Å². The van der Waals surface area contributed by atoms with Crippen molar-refractivity contribution in [3.63, 3.8) is 0 Å². The number of hydrogen-bond donors (Lipinski definition) is 3. The van der Waals surface area contributed by atoms with Gasteiger partial charge in [-0.2, -0.15) is 0 Å². The smallest absolute Gasteiger partial charge is 0.321 e. The lowest BCUT2D eigenvalue weighted by molar-refractivity contribution is -0.158. The number of carbonyl (C=O) groups excluding carboxylic acids is 2. The molecule has 0 fully saturated rings. The van der Waals surface area contributed by atoms with Crippen LogP contribution in [0.3, 0.4) is 0 Å². The molecule has 0 aliphatic rings. The molecule has 0 spiro atoms. The first-order valence-electron chi connectivity index (χ1n) is 6.80. The van der Waals surface area contributed by atoms with Crippen LogP contribution in [0.5, 0.6) is 0 Å². The highest BCUT2D eigenvalue weighted by molar-refractivity contribution is 7.92. The number of benzene rings is 1. The van der Waals surface area contributed by atoms with Crippen molar-refractivity contribution in [3.05, 3.63) is 35.9 Å². The molecule has 1 aromatic carbocycles. The Balaban J connectivity index is 2.90. The first kappa shape index (κ1) is 19.7. The molecule has 0 bridgehead atoms. The van der Waals surface area contributed by atoms with E-state index in [9.17, 15) is 22.8 Å². The highest BCUT2D eigenvalue weighted by Gasteiger charge is 2.39. The summed E-state index contributed by atoms with van der Waals surface area (Å²) in [7, 11) is -3.95. The van der Waals surface area contributed by atoms with E-state index in [-0.39, 0.29) is 6.61 Å². The van der Waals surface area contributed by atoms with E-state index in [4.69, 9.17) is 21.3 Å². The highest BCUT2D eigenvalue weighted by Crippen LogP contribution is 2.11. The SMILES string of the molecule is NCS(=O)(=O)CC(=O)C(C(=O)OCc1ccccc1)C(N)C(=O)O. The van der Waals surface area contributed by atoms with Gasteiger partial charge in [0.05, 0.1) is 5.88 Å². The molecule has 5 N–H and O–H groups in total. The summed E-state index contributed by atoms with van der Waals surface area (Å²) >= 11 is 0. The molecule has 2 atom stereocenters. The second-order valence-electron chi connectivity index (χ2n) is 4.96. The van der Waals surface area contributed by atoms with E-state index < -0.39 is 51.1 Å². The average Bonchev–Trinajstić information content (AvgIpc) is 2.53. The van der Waals surface area contributed by atoms with Crippen molar-refractivity contribution in [1.82, 2.24) is 0 Å². The topological polar surface area (TPSA) is 167 Å². The largest absolute Gasteiger partial charge is 0.480 e. The molecule has 0 saturated carbocycles. The fourth-order valence-electron chi connectivity index (χ4n) is 1.80. The van der Waals surface area contributed by atoms with Crippen LogP contribution in [-0.4, -0.2) is 48.9 Å². The number of aliphatic carboxylic acids is 1. The minimum absolute atomic E-state index is 0.209. The molecule has 24 heavy (non-hydrogen) atoms. The normalized spacial score (nSPS) is 13.8. The number of nitrogens with two attached hydrogens (primary N) is 2. The van der Waals surface area contributed by atoms with E-state index in [0.717, 1.165) is 0 Å². The highest BCUT2D eigenvalue weighted by atomic mass is 32.2. The number of carboxylic acid groups (broad SMARTS) is 1. The molecular weight excluding hydrogens is 340 g/mol. The summed E-state index contributed by atoms with van der Waals surface area (Å²) in [4.78, 5) is 35.1. The Morgan fingerprint density at radius 3 is 2.25 bits per heavy atom. The molecule has 0 aromatic heterocycles. The molecule has 0 aliphatic carbocycles. The molecule has 0 heterocycles. The van der Waals surface area contributed by atoms with Gasteiger partial charge in [0.2, 0.25) is 0 Å². The van der Waals surface area contributed by atoms with Crippen LogP contribution in [0.1, 0.15) is 5.56 Å². The number of sulfone groups is 1. The zero-order valence-electron chi connectivity index (χ0n) is 12.6. The number of ether oxygens (including phenoxy) is 1. The molecule has 0 saturated heterocycles. The molecule has 1 rings (SSSR count). The van der Waals surface area contributed by atoms with Crippen LogP contribution in [0.2, 0.25) is 0 Å². The van der Waals surface area contributed by atoms with Crippen LogP contribution in [0.4, 0.5) is 0 Å². The number of carboxylic acids is 1. The third-order valence-electron chi connectivity index (χ3n) is 3.09. The molecule has 0 radical (unpaired) electrons. The molecular formula is C14H18N2O7S. The quantitative estimate of drug-likeness (QED) is 0.357. The van der Waals surface area contributed by atoms with Gasteiger partial charge in [0.1, 0.15) is 24.3 Å². The van der Waals surface area contributed by atoms with Crippen LogP contribution in [-0.2, 0) is 35.6 Å². The molecule has 10 heteroatoms. The second-order valence-corrected chi connectivity index (χ2v) is 7.07. The summed E-state index contributed by atoms with van der Waals surface area (Å²) in [6.07, 6.45) is 0. The van der Waals surface area contributed by atoms with Crippen LogP contribution >= 0.6 is 0 Å². The van der Waals surface area contributed by atoms with Crippen molar-refractivity contribution in [2.45, 2.75) is 12.6 Å². The molecule has 132 valence electrons. The van der Waals surface area contributed by atoms with E-state index >= 15 is 0 Å². The summed E-state index contributed by atoms with van der Waals surface area (Å²) in [6, 6.07) is 6.52. The van der Waals surface area contributed by atoms with E-state index in [1.807, 2.05) is 0 Å². The van der Waals surface area contributed by atoms with Crippen molar-refractivity contribution in [3.8, 4) is 0 Å². The minimum Gasteiger partial charge on any atom is -0.480 e. The predicted octanol–water partition coefficient (Wildman–Crippen LogP) is -1.34. The maximum atomic E-state index is 12.1. The van der Waals surface area contributed by atoms with Gasteiger partial charge in [-0.05, 0) is 5.56 Å². The number of ketones is 1. The van der Waals surface area contributed by atoms with Crippen molar-refractivity contribution in [1.29, 1.82) is 0 Å². The van der Waals surface area contributed by atoms with Crippen LogP contribution in [0.25, 0.3) is 0 Å². The van der Waals surface area contributed by atoms with Crippen LogP contribution in [0, 0.1) is 5.92 Å². The van der Waals surface area contributed by atoms with Gasteiger partial charge >= 0.3 is 11.9 Å². The van der Waals surface area contributed by atoms with Gasteiger partial charge in [-0.3, -0.25) is 14.4 Å². The zero-order valence-corrected chi connectivity index (χ0v) is 13.4. The van der Waals surface area contributed by atoms with Gasteiger partial charge in [0.15, 0.2) is 15.6 Å². The van der Waals surface area contributed by atoms with E-state index in [0.29, 0.717) is 5.56 Å². The Bertz CT molecular complexity index is 703. The molecule has 1 aromatic rings. The number of rotatable bonds is 9. The fourth-order valence-corrected chi connectivity index (χ4v) is 2.54. The molecule has 0 aliphatic heterocycles. The lowest BCUT2D eigenvalue weighted by Gasteiger charge is -2.18. The molecule has 0 amide bonds. The standard InChI is InChI=1S/C14H18N2O7S/c15-8-24(21,22)7-10(17)11(12(16)13(18)19)14(20)23-6-9-4-2-1-3-5-9/h1-5,11-12H,6-8,15-16H2,(H,18,19). The number of hydrogen-bond acceptors (Lipinski definition) is 8. The van der Waals surface area contributed by atoms with Crippen molar-refractivity contribution >= 4 is 27.6 Å². The monoisotopic (exact) mass is 358 g/mol. The third-order valence-corrected chi connectivity index (χ3v) is 4.32. The maximum Gasteiger partial charge on any atom is 0.321 e. The summed E-state index contributed by atoms with van der Waals surface area (Å²) in [6.45, 7) is -0.209. The van der Waals surface area contributed by atoms with Crippen molar-refractivity contribution < 1.29 is 32.6 Å². The van der Waals surface area contributed by atoms with Crippen molar-refractivity contribution in [2.24, 2.45) is 17.4 Å². The zero-order chi connectivity index (χ0) is 18.3. The van der Waals surface area contributed by atoms with E-state index in [2.05, 4.69) is 0 Å². The van der Waals surface area contributed by atoms with Crippen LogP contribution in [0.15, 0.2) is 30.3 Å². The minimum atomic E-state index is -3.95. The lowest BCUT2D eigenvalue weighted by Crippen LogP contribution is -2.48. The first-order valence-corrected chi connectivity index (χ1v) is 8.62.